The molecule has 2 nitrogen and oxygen atoms in total. The summed E-state index contributed by atoms with van der Waals surface area (Å²) in [7, 11) is 2.23. The fourth-order valence-electron chi connectivity index (χ4n) is 2.15. The minimum absolute atomic E-state index is 0.697. The van der Waals surface area contributed by atoms with Gasteiger partial charge in [0.05, 0.1) is 0 Å². The van der Waals surface area contributed by atoms with Crippen LogP contribution in [0.25, 0.3) is 0 Å². The van der Waals surface area contributed by atoms with Gasteiger partial charge in [0, 0.05) is 12.6 Å². The molecule has 1 rings (SSSR count). The Morgan fingerprint density at radius 1 is 1.54 bits per heavy atom. The summed E-state index contributed by atoms with van der Waals surface area (Å²) < 4.78 is 0. The summed E-state index contributed by atoms with van der Waals surface area (Å²) in [4.78, 5) is 2.46. The third-order valence-corrected chi connectivity index (χ3v) is 3.08. The summed E-state index contributed by atoms with van der Waals surface area (Å²) in [6, 6.07) is 0.697. The molecule has 0 bridgehead atoms. The Labute approximate surface area is 82.7 Å². The second-order valence-corrected chi connectivity index (χ2v) is 4.41. The van der Waals surface area contributed by atoms with Gasteiger partial charge in [-0.3, -0.25) is 0 Å². The zero-order valence-electron chi connectivity index (χ0n) is 9.34. The second kappa shape index (κ2) is 5.61. The summed E-state index contributed by atoms with van der Waals surface area (Å²) >= 11 is 0. The molecule has 1 aliphatic heterocycles. The summed E-state index contributed by atoms with van der Waals surface area (Å²) in [6.07, 6.45) is 4.02. The monoisotopic (exact) mass is 184 g/mol. The first-order valence-corrected chi connectivity index (χ1v) is 5.66. The highest BCUT2D eigenvalue weighted by Gasteiger charge is 2.21. The Balaban J connectivity index is 2.24. The SMILES string of the molecule is CCCNC(C)C1CCCN(C)C1. The third kappa shape index (κ3) is 3.65. The zero-order chi connectivity index (χ0) is 9.68. The summed E-state index contributed by atoms with van der Waals surface area (Å²) in [5.41, 5.74) is 0. The lowest BCUT2D eigenvalue weighted by Crippen LogP contribution is -2.43. The van der Waals surface area contributed by atoms with Crippen LogP contribution in [0.4, 0.5) is 0 Å². The minimum Gasteiger partial charge on any atom is -0.314 e. The number of likely N-dealkylation sites (tertiary alicyclic amines) is 1. The van der Waals surface area contributed by atoms with Crippen LogP contribution in [0.3, 0.4) is 0 Å². The Hall–Kier alpha value is -0.0800. The average Bonchev–Trinajstić information content (AvgIpc) is 2.14. The van der Waals surface area contributed by atoms with Crippen LogP contribution in [0.5, 0.6) is 0 Å². The molecule has 0 amide bonds. The maximum absolute atomic E-state index is 3.60. The Morgan fingerprint density at radius 2 is 2.31 bits per heavy atom. The van der Waals surface area contributed by atoms with Gasteiger partial charge in [-0.15, -0.1) is 0 Å². The molecule has 0 radical (unpaired) electrons. The van der Waals surface area contributed by atoms with E-state index in [-0.39, 0.29) is 0 Å². The van der Waals surface area contributed by atoms with Gasteiger partial charge in [0.15, 0.2) is 0 Å². The van der Waals surface area contributed by atoms with Gasteiger partial charge in [0.1, 0.15) is 0 Å². The van der Waals surface area contributed by atoms with Crippen molar-refractivity contribution in [3.63, 3.8) is 0 Å². The van der Waals surface area contributed by atoms with Crippen LogP contribution < -0.4 is 5.32 Å². The molecule has 1 saturated heterocycles. The smallest absolute Gasteiger partial charge is 0.00792 e. The summed E-state index contributed by atoms with van der Waals surface area (Å²) in [6.45, 7) is 8.29. The third-order valence-electron chi connectivity index (χ3n) is 3.08. The highest BCUT2D eigenvalue weighted by Crippen LogP contribution is 2.18. The number of piperidine rings is 1. The molecule has 1 aliphatic rings. The maximum atomic E-state index is 3.60. The van der Waals surface area contributed by atoms with E-state index >= 15 is 0 Å². The van der Waals surface area contributed by atoms with E-state index in [1.807, 2.05) is 0 Å². The van der Waals surface area contributed by atoms with Crippen LogP contribution in [0, 0.1) is 5.92 Å². The van der Waals surface area contributed by atoms with Crippen LogP contribution in [-0.4, -0.2) is 37.6 Å². The van der Waals surface area contributed by atoms with E-state index in [9.17, 15) is 0 Å². The number of rotatable bonds is 4. The lowest BCUT2D eigenvalue weighted by Gasteiger charge is -2.33. The fraction of sp³-hybridized carbons (Fsp3) is 1.00. The van der Waals surface area contributed by atoms with E-state index in [0.717, 1.165) is 5.92 Å². The normalized spacial score (nSPS) is 27.5. The van der Waals surface area contributed by atoms with E-state index in [2.05, 4.69) is 31.1 Å². The van der Waals surface area contributed by atoms with Gasteiger partial charge >= 0.3 is 0 Å². The maximum Gasteiger partial charge on any atom is 0.00792 e. The van der Waals surface area contributed by atoms with Gasteiger partial charge in [-0.2, -0.15) is 0 Å². The van der Waals surface area contributed by atoms with Crippen molar-refractivity contribution in [2.45, 2.75) is 39.2 Å². The van der Waals surface area contributed by atoms with Crippen LogP contribution in [0.15, 0.2) is 0 Å². The lowest BCUT2D eigenvalue weighted by molar-refractivity contribution is 0.179. The van der Waals surface area contributed by atoms with Crippen molar-refractivity contribution in [1.29, 1.82) is 0 Å². The molecule has 0 aromatic rings. The van der Waals surface area contributed by atoms with Crippen LogP contribution in [-0.2, 0) is 0 Å². The molecule has 0 aromatic heterocycles. The minimum atomic E-state index is 0.697. The van der Waals surface area contributed by atoms with E-state index in [1.165, 1.54) is 38.9 Å². The number of hydrogen-bond acceptors (Lipinski definition) is 2. The number of nitrogens with zero attached hydrogens (tertiary/aromatic N) is 1. The molecule has 1 N–H and O–H groups in total. The second-order valence-electron chi connectivity index (χ2n) is 4.41. The van der Waals surface area contributed by atoms with Crippen molar-refractivity contribution in [2.24, 2.45) is 5.92 Å². The molecule has 0 spiro atoms. The molecule has 78 valence electrons. The quantitative estimate of drug-likeness (QED) is 0.715. The van der Waals surface area contributed by atoms with E-state index in [1.54, 1.807) is 0 Å². The standard InChI is InChI=1S/C11H24N2/c1-4-7-12-10(2)11-6-5-8-13(3)9-11/h10-12H,4-9H2,1-3H3. The molecular weight excluding hydrogens is 160 g/mol. The zero-order valence-corrected chi connectivity index (χ0v) is 9.34. The Kier molecular flexibility index (Phi) is 4.74. The van der Waals surface area contributed by atoms with Gasteiger partial charge in [0.25, 0.3) is 0 Å². The topological polar surface area (TPSA) is 15.3 Å². The predicted molar refractivity (Wildman–Crippen MR) is 58.0 cm³/mol. The van der Waals surface area contributed by atoms with Crippen LogP contribution in [0.1, 0.15) is 33.1 Å². The highest BCUT2D eigenvalue weighted by atomic mass is 15.1. The first-order chi connectivity index (χ1) is 6.24. The molecule has 0 aliphatic carbocycles. The largest absolute Gasteiger partial charge is 0.314 e. The molecule has 1 heterocycles. The predicted octanol–water partition coefficient (Wildman–Crippen LogP) is 1.72. The molecule has 13 heavy (non-hydrogen) atoms. The lowest BCUT2D eigenvalue weighted by atomic mass is 9.92. The highest BCUT2D eigenvalue weighted by molar-refractivity contribution is 4.78. The summed E-state index contributed by atoms with van der Waals surface area (Å²) in [5, 5.41) is 3.60. The molecule has 0 saturated carbocycles. The Morgan fingerprint density at radius 3 is 2.92 bits per heavy atom. The van der Waals surface area contributed by atoms with Gasteiger partial charge in [0.2, 0.25) is 0 Å². The van der Waals surface area contributed by atoms with E-state index < -0.39 is 0 Å². The van der Waals surface area contributed by atoms with Crippen LogP contribution >= 0.6 is 0 Å². The number of hydrogen-bond donors (Lipinski definition) is 1. The summed E-state index contributed by atoms with van der Waals surface area (Å²) in [5.74, 6) is 0.866. The van der Waals surface area contributed by atoms with Crippen LogP contribution in [0.2, 0.25) is 0 Å². The first-order valence-electron chi connectivity index (χ1n) is 5.66. The van der Waals surface area contributed by atoms with Crippen molar-refractivity contribution < 1.29 is 0 Å². The molecule has 0 aromatic carbocycles. The molecule has 2 atom stereocenters. The van der Waals surface area contributed by atoms with Crippen molar-refractivity contribution in [3.05, 3.63) is 0 Å². The van der Waals surface area contributed by atoms with Crippen molar-refractivity contribution >= 4 is 0 Å². The van der Waals surface area contributed by atoms with Gasteiger partial charge in [-0.25, -0.2) is 0 Å². The fourth-order valence-corrected chi connectivity index (χ4v) is 2.15. The number of nitrogens with one attached hydrogen (secondary N) is 1. The van der Waals surface area contributed by atoms with Crippen molar-refractivity contribution in [2.75, 3.05) is 26.7 Å². The van der Waals surface area contributed by atoms with Gasteiger partial charge in [-0.1, -0.05) is 6.92 Å². The average molecular weight is 184 g/mol. The van der Waals surface area contributed by atoms with Crippen molar-refractivity contribution in [3.8, 4) is 0 Å². The van der Waals surface area contributed by atoms with Crippen molar-refractivity contribution in [1.82, 2.24) is 10.2 Å². The molecule has 2 heteroatoms. The van der Waals surface area contributed by atoms with E-state index in [4.69, 9.17) is 0 Å². The molecular formula is C11H24N2. The van der Waals surface area contributed by atoms with Gasteiger partial charge < -0.3 is 10.2 Å². The molecule has 2 unspecified atom stereocenters. The van der Waals surface area contributed by atoms with Gasteiger partial charge in [-0.05, 0) is 52.2 Å². The Bertz CT molecular complexity index is 136. The molecule has 1 fully saturated rings. The first kappa shape index (κ1) is 11.0. The van der Waals surface area contributed by atoms with E-state index in [0.29, 0.717) is 6.04 Å².